The van der Waals surface area contributed by atoms with E-state index in [1.165, 1.54) is 11.0 Å². The number of unbranched alkanes of at least 4 members (excludes halogenated alkanes) is 1. The van der Waals surface area contributed by atoms with Crippen LogP contribution in [-0.2, 0) is 21.9 Å². The van der Waals surface area contributed by atoms with E-state index in [0.717, 1.165) is 18.6 Å². The van der Waals surface area contributed by atoms with E-state index >= 15 is 0 Å². The molecule has 1 fully saturated rings. The average Bonchev–Trinajstić information content (AvgIpc) is 2.83. The van der Waals surface area contributed by atoms with Crippen molar-refractivity contribution in [2.24, 2.45) is 0 Å². The van der Waals surface area contributed by atoms with Gasteiger partial charge in [-0.05, 0) is 30.2 Å². The van der Waals surface area contributed by atoms with Gasteiger partial charge in [-0.1, -0.05) is 49.9 Å². The highest BCUT2D eigenvalue weighted by Gasteiger charge is 2.47. The maximum absolute atomic E-state index is 14.2. The molecule has 2 aromatic rings. The number of benzene rings is 2. The molecule has 196 valence electrons. The van der Waals surface area contributed by atoms with Gasteiger partial charge in [0.05, 0.1) is 35.8 Å². The Balaban J connectivity index is 2.10. The lowest BCUT2D eigenvalue weighted by atomic mass is 9.94. The zero-order chi connectivity index (χ0) is 26.5. The third-order valence-electron chi connectivity index (χ3n) is 5.44. The van der Waals surface area contributed by atoms with Gasteiger partial charge >= 0.3 is 12.4 Å². The maximum atomic E-state index is 14.2. The number of carbonyl (C=O) groups excluding carboxylic acids is 1. The van der Waals surface area contributed by atoms with E-state index in [2.05, 4.69) is 6.58 Å². The minimum Gasteiger partial charge on any atom is -0.492 e. The molecule has 2 aromatic carbocycles. The predicted molar refractivity (Wildman–Crippen MR) is 124 cm³/mol. The highest BCUT2D eigenvalue weighted by atomic mass is 32.2. The van der Waals surface area contributed by atoms with Crippen molar-refractivity contribution in [3.8, 4) is 5.75 Å². The lowest BCUT2D eigenvalue weighted by Crippen LogP contribution is -2.41. The summed E-state index contributed by atoms with van der Waals surface area (Å²) in [6.45, 7) is 6.26. The molecule has 1 aliphatic heterocycles. The first-order chi connectivity index (χ1) is 16.9. The molecule has 0 aliphatic carbocycles. The Morgan fingerprint density at radius 3 is 2.25 bits per heavy atom. The smallest absolute Gasteiger partial charge is 0.418 e. The van der Waals surface area contributed by atoms with Crippen molar-refractivity contribution in [3.05, 3.63) is 59.7 Å². The van der Waals surface area contributed by atoms with Crippen molar-refractivity contribution in [2.75, 3.05) is 32.9 Å². The molecule has 0 bridgehead atoms. The van der Waals surface area contributed by atoms with Crippen LogP contribution in [0.5, 0.6) is 5.75 Å². The number of ether oxygens (including phenoxy) is 2. The Morgan fingerprint density at radius 2 is 1.64 bits per heavy atom. The third kappa shape index (κ3) is 6.56. The molecule has 0 spiro atoms. The van der Waals surface area contributed by atoms with Gasteiger partial charge in [-0.25, -0.2) is 0 Å². The Labute approximate surface area is 209 Å². The molecule has 1 amide bonds. The Bertz CT molecular complexity index is 1090. The molecule has 1 aliphatic rings. The fraction of sp³-hybridized carbons (Fsp3) is 0.400. The summed E-state index contributed by atoms with van der Waals surface area (Å²) < 4.78 is 95.9. The SMILES string of the molecule is C=C(C(=O)N1CCOCC1)c1ccc(Sc2ccccc2OCCCC)c(C(F)(F)F)c1C(F)(F)F. The van der Waals surface area contributed by atoms with Gasteiger partial charge in [-0.3, -0.25) is 4.79 Å². The molecule has 0 unspecified atom stereocenters. The number of alkyl halides is 6. The number of morpholine rings is 1. The largest absolute Gasteiger partial charge is 0.492 e. The summed E-state index contributed by atoms with van der Waals surface area (Å²) in [7, 11) is 0. The zero-order valence-corrected chi connectivity index (χ0v) is 20.3. The van der Waals surface area contributed by atoms with Gasteiger partial charge in [-0.2, -0.15) is 26.3 Å². The van der Waals surface area contributed by atoms with Gasteiger partial charge in [0.1, 0.15) is 5.75 Å². The second kappa shape index (κ2) is 11.6. The second-order valence-corrected chi connectivity index (χ2v) is 9.07. The minimum absolute atomic E-state index is 0.105. The van der Waals surface area contributed by atoms with Gasteiger partial charge in [0.2, 0.25) is 0 Å². The molecule has 4 nitrogen and oxygen atoms in total. The normalized spacial score (nSPS) is 14.6. The highest BCUT2D eigenvalue weighted by Crippen LogP contribution is 2.49. The lowest BCUT2D eigenvalue weighted by molar-refractivity contribution is -0.163. The maximum Gasteiger partial charge on any atom is 0.418 e. The first-order valence-electron chi connectivity index (χ1n) is 11.2. The van der Waals surface area contributed by atoms with E-state index in [0.29, 0.717) is 24.8 Å². The Morgan fingerprint density at radius 1 is 1.00 bits per heavy atom. The highest BCUT2D eigenvalue weighted by molar-refractivity contribution is 7.99. The van der Waals surface area contributed by atoms with E-state index in [1.807, 2.05) is 6.92 Å². The third-order valence-corrected chi connectivity index (χ3v) is 6.56. The molecular weight excluding hydrogens is 508 g/mol. The fourth-order valence-electron chi connectivity index (χ4n) is 3.67. The summed E-state index contributed by atoms with van der Waals surface area (Å²) in [4.78, 5) is 13.6. The van der Waals surface area contributed by atoms with Crippen molar-refractivity contribution >= 4 is 23.2 Å². The molecule has 0 aromatic heterocycles. The van der Waals surface area contributed by atoms with Crippen molar-refractivity contribution in [1.82, 2.24) is 4.90 Å². The lowest BCUT2D eigenvalue weighted by Gasteiger charge is -2.29. The number of halogens is 6. The quantitative estimate of drug-likeness (QED) is 0.210. The Hall–Kier alpha value is -2.66. The van der Waals surface area contributed by atoms with Crippen LogP contribution in [0.2, 0.25) is 0 Å². The van der Waals surface area contributed by atoms with Crippen LogP contribution in [0.25, 0.3) is 5.57 Å². The van der Waals surface area contributed by atoms with Crippen LogP contribution in [0.1, 0.15) is 36.5 Å². The number of amides is 1. The van der Waals surface area contributed by atoms with Gasteiger partial charge < -0.3 is 14.4 Å². The average molecular weight is 534 g/mol. The van der Waals surface area contributed by atoms with Crippen LogP contribution < -0.4 is 4.74 Å². The van der Waals surface area contributed by atoms with Gasteiger partial charge in [0.25, 0.3) is 5.91 Å². The molecule has 1 heterocycles. The zero-order valence-electron chi connectivity index (χ0n) is 19.5. The standard InChI is InChI=1S/C25H25F6NO3S/c1-3-4-13-35-18-7-5-6-8-19(18)36-20-10-9-17(16(2)23(33)32-11-14-34-15-12-32)21(24(26,27)28)22(20)25(29,30)31/h5-10H,2-4,11-15H2,1H3. The summed E-state index contributed by atoms with van der Waals surface area (Å²) in [5, 5.41) is 0. The molecule has 3 rings (SSSR count). The first kappa shape index (κ1) is 27.9. The van der Waals surface area contributed by atoms with Crippen LogP contribution >= 0.6 is 11.8 Å². The number of nitrogens with zero attached hydrogens (tertiary/aromatic N) is 1. The molecule has 0 atom stereocenters. The molecule has 36 heavy (non-hydrogen) atoms. The summed E-state index contributed by atoms with van der Waals surface area (Å²) in [5.41, 5.74) is -5.36. The molecule has 0 radical (unpaired) electrons. The topological polar surface area (TPSA) is 38.8 Å². The van der Waals surface area contributed by atoms with Crippen molar-refractivity contribution in [3.63, 3.8) is 0 Å². The molecule has 0 saturated carbocycles. The number of hydrogen-bond acceptors (Lipinski definition) is 4. The minimum atomic E-state index is -5.40. The summed E-state index contributed by atoms with van der Waals surface area (Å²) in [6, 6.07) is 8.03. The van der Waals surface area contributed by atoms with Gasteiger partial charge in [-0.15, -0.1) is 0 Å². The molecule has 1 saturated heterocycles. The van der Waals surface area contributed by atoms with Crippen molar-refractivity contribution < 1.29 is 40.6 Å². The molecule has 0 N–H and O–H groups in total. The molecule has 11 heteroatoms. The van der Waals surface area contributed by atoms with Crippen LogP contribution in [0, 0.1) is 0 Å². The number of carbonyl (C=O) groups is 1. The Kier molecular flexibility index (Phi) is 8.99. The summed E-state index contributed by atoms with van der Waals surface area (Å²) >= 11 is 0.526. The monoisotopic (exact) mass is 533 g/mol. The van der Waals surface area contributed by atoms with E-state index in [-0.39, 0.29) is 36.9 Å². The van der Waals surface area contributed by atoms with Crippen LogP contribution in [-0.4, -0.2) is 43.7 Å². The number of hydrogen-bond donors (Lipinski definition) is 0. The number of rotatable bonds is 8. The van der Waals surface area contributed by atoms with Crippen LogP contribution in [0.4, 0.5) is 26.3 Å². The van der Waals surface area contributed by atoms with Gasteiger partial charge in [0, 0.05) is 23.6 Å². The summed E-state index contributed by atoms with van der Waals surface area (Å²) in [6.07, 6.45) is -9.22. The van der Waals surface area contributed by atoms with Gasteiger partial charge in [0.15, 0.2) is 0 Å². The summed E-state index contributed by atoms with van der Waals surface area (Å²) in [5.74, 6) is -0.597. The predicted octanol–water partition coefficient (Wildman–Crippen LogP) is 6.93. The van der Waals surface area contributed by atoms with Crippen LogP contribution in [0.15, 0.2) is 52.8 Å². The van der Waals surface area contributed by atoms with Crippen molar-refractivity contribution in [1.29, 1.82) is 0 Å². The molecular formula is C25H25F6NO3S. The second-order valence-electron chi connectivity index (χ2n) is 7.99. The van der Waals surface area contributed by atoms with Crippen LogP contribution in [0.3, 0.4) is 0 Å². The van der Waals surface area contributed by atoms with E-state index in [4.69, 9.17) is 9.47 Å². The fourth-order valence-corrected chi connectivity index (χ4v) is 4.73. The van der Waals surface area contributed by atoms with E-state index in [9.17, 15) is 31.1 Å². The van der Waals surface area contributed by atoms with E-state index in [1.54, 1.807) is 18.2 Å². The van der Waals surface area contributed by atoms with Crippen molar-refractivity contribution in [2.45, 2.75) is 41.9 Å². The number of para-hydroxylation sites is 1. The van der Waals surface area contributed by atoms with E-state index < -0.39 is 45.4 Å². The first-order valence-corrected chi connectivity index (χ1v) is 12.0.